The summed E-state index contributed by atoms with van der Waals surface area (Å²) in [4.78, 5) is 24.7. The molecule has 1 heterocycles. The van der Waals surface area contributed by atoms with E-state index in [0.717, 1.165) is 5.56 Å². The fourth-order valence-corrected chi connectivity index (χ4v) is 2.77. The van der Waals surface area contributed by atoms with Gasteiger partial charge in [0.1, 0.15) is 11.9 Å². The third-order valence-electron chi connectivity index (χ3n) is 4.07. The maximum atomic E-state index is 12.8. The molecule has 1 amide bonds. The Labute approximate surface area is 143 Å². The van der Waals surface area contributed by atoms with Gasteiger partial charge in [-0.3, -0.25) is 14.9 Å². The lowest BCUT2D eigenvalue weighted by atomic mass is 10.1. The summed E-state index contributed by atoms with van der Waals surface area (Å²) in [5.41, 5.74) is 6.69. The third kappa shape index (κ3) is 3.53. The van der Waals surface area contributed by atoms with E-state index in [0.29, 0.717) is 13.2 Å². The Balaban J connectivity index is 1.83. The number of nitrogens with two attached hydrogens (primary N) is 1. The van der Waals surface area contributed by atoms with Crippen LogP contribution in [0.3, 0.4) is 0 Å². The highest BCUT2D eigenvalue weighted by Crippen LogP contribution is 2.27. The van der Waals surface area contributed by atoms with Crippen molar-refractivity contribution in [3.05, 3.63) is 63.7 Å². The molecule has 1 atom stereocenters. The van der Waals surface area contributed by atoms with Gasteiger partial charge in [-0.05, 0) is 23.8 Å². The van der Waals surface area contributed by atoms with Crippen molar-refractivity contribution >= 4 is 17.3 Å². The number of hydrogen-bond acceptors (Lipinski definition) is 6. The number of carbonyl (C=O) groups excluding carboxylic acids is 1. The summed E-state index contributed by atoms with van der Waals surface area (Å²) >= 11 is 0. The molecule has 3 N–H and O–H groups in total. The van der Waals surface area contributed by atoms with Crippen LogP contribution in [-0.4, -0.2) is 40.5 Å². The average Bonchev–Trinajstić information content (AvgIpc) is 2.61. The van der Waals surface area contributed by atoms with Crippen LogP contribution in [0.4, 0.5) is 11.4 Å². The van der Waals surface area contributed by atoms with Gasteiger partial charge in [0, 0.05) is 24.4 Å². The Kier molecular flexibility index (Phi) is 4.53. The van der Waals surface area contributed by atoms with Crippen LogP contribution in [0.15, 0.2) is 42.5 Å². The number of carbonyl (C=O) groups is 1. The number of hydrogen-bond donors (Lipinski definition) is 2. The highest BCUT2D eigenvalue weighted by Gasteiger charge is 2.28. The van der Waals surface area contributed by atoms with E-state index in [2.05, 4.69) is 0 Å². The second-order valence-corrected chi connectivity index (χ2v) is 5.73. The summed E-state index contributed by atoms with van der Waals surface area (Å²) in [6.07, 6.45) is -0.385. The molecular weight excluding hydrogens is 326 g/mol. The first-order valence-corrected chi connectivity index (χ1v) is 7.69. The number of anilines is 1. The molecule has 0 aliphatic carbocycles. The lowest BCUT2D eigenvalue weighted by molar-refractivity contribution is -0.384. The first-order valence-electron chi connectivity index (χ1n) is 7.69. The summed E-state index contributed by atoms with van der Waals surface area (Å²) in [7, 11) is 0. The van der Waals surface area contributed by atoms with Crippen molar-refractivity contribution in [3.8, 4) is 5.75 Å². The largest absolute Gasteiger partial charge is 0.508 e. The van der Waals surface area contributed by atoms with Crippen LogP contribution < -0.4 is 5.73 Å². The zero-order chi connectivity index (χ0) is 18.0. The predicted molar refractivity (Wildman–Crippen MR) is 90.2 cm³/mol. The minimum atomic E-state index is -0.564. The van der Waals surface area contributed by atoms with Crippen LogP contribution in [-0.2, 0) is 4.74 Å². The standard InChI is InChI=1S/C17H17N3O5/c18-15-5-4-12(20(23)24)9-14(15)17(22)19-6-7-25-16(10-19)11-2-1-3-13(21)8-11/h1-5,8-9,16,21H,6-7,10,18H2/t16-/m0/s1. The molecule has 1 fully saturated rings. The normalized spacial score (nSPS) is 17.3. The van der Waals surface area contributed by atoms with E-state index in [1.54, 1.807) is 29.2 Å². The number of nitrogens with zero attached hydrogens (tertiary/aromatic N) is 2. The Morgan fingerprint density at radius 1 is 1.32 bits per heavy atom. The van der Waals surface area contributed by atoms with Crippen LogP contribution in [0.1, 0.15) is 22.0 Å². The molecule has 2 aromatic carbocycles. The van der Waals surface area contributed by atoms with Gasteiger partial charge < -0.3 is 20.5 Å². The monoisotopic (exact) mass is 343 g/mol. The van der Waals surface area contributed by atoms with Gasteiger partial charge in [0.05, 0.1) is 23.6 Å². The molecule has 0 bridgehead atoms. The van der Waals surface area contributed by atoms with Gasteiger partial charge >= 0.3 is 0 Å². The van der Waals surface area contributed by atoms with Crippen molar-refractivity contribution in [2.75, 3.05) is 25.4 Å². The van der Waals surface area contributed by atoms with Crippen LogP contribution >= 0.6 is 0 Å². The van der Waals surface area contributed by atoms with Gasteiger partial charge in [-0.1, -0.05) is 12.1 Å². The highest BCUT2D eigenvalue weighted by atomic mass is 16.6. The third-order valence-corrected chi connectivity index (χ3v) is 4.07. The molecule has 1 aliphatic rings. The van der Waals surface area contributed by atoms with Crippen molar-refractivity contribution in [2.45, 2.75) is 6.10 Å². The Bertz CT molecular complexity index is 824. The van der Waals surface area contributed by atoms with Crippen molar-refractivity contribution < 1.29 is 19.6 Å². The van der Waals surface area contributed by atoms with Gasteiger partial charge in [0.2, 0.25) is 0 Å². The molecule has 0 saturated carbocycles. The van der Waals surface area contributed by atoms with Crippen LogP contribution in [0, 0.1) is 10.1 Å². The van der Waals surface area contributed by atoms with Gasteiger partial charge in [-0.2, -0.15) is 0 Å². The number of amides is 1. The van der Waals surface area contributed by atoms with E-state index >= 15 is 0 Å². The molecule has 2 aromatic rings. The summed E-state index contributed by atoms with van der Waals surface area (Å²) in [6.45, 7) is 0.946. The van der Waals surface area contributed by atoms with E-state index in [1.807, 2.05) is 0 Å². The Hall–Kier alpha value is -3.13. The average molecular weight is 343 g/mol. The number of phenolic OH excluding ortho intramolecular Hbond substituents is 1. The number of non-ortho nitro benzene ring substituents is 1. The fraction of sp³-hybridized carbons (Fsp3) is 0.235. The topological polar surface area (TPSA) is 119 Å². The fourth-order valence-electron chi connectivity index (χ4n) is 2.77. The van der Waals surface area contributed by atoms with Gasteiger partial charge in [0.15, 0.2) is 0 Å². The van der Waals surface area contributed by atoms with Gasteiger partial charge in [-0.25, -0.2) is 0 Å². The summed E-state index contributed by atoms with van der Waals surface area (Å²) in [5.74, 6) is -0.262. The van der Waals surface area contributed by atoms with Crippen molar-refractivity contribution in [1.82, 2.24) is 4.90 Å². The SMILES string of the molecule is Nc1ccc([N+](=O)[O-])cc1C(=O)N1CCO[C@H](c2cccc(O)c2)C1. The maximum Gasteiger partial charge on any atom is 0.270 e. The number of benzene rings is 2. The second kappa shape index (κ2) is 6.78. The first-order chi connectivity index (χ1) is 12.0. The molecule has 130 valence electrons. The molecule has 1 aliphatic heterocycles. The lowest BCUT2D eigenvalue weighted by Crippen LogP contribution is -2.42. The van der Waals surface area contributed by atoms with E-state index < -0.39 is 4.92 Å². The van der Waals surface area contributed by atoms with Crippen LogP contribution in [0.2, 0.25) is 0 Å². The Morgan fingerprint density at radius 2 is 2.12 bits per heavy atom. The molecule has 25 heavy (non-hydrogen) atoms. The number of aromatic hydroxyl groups is 1. The van der Waals surface area contributed by atoms with Crippen molar-refractivity contribution in [1.29, 1.82) is 0 Å². The van der Waals surface area contributed by atoms with E-state index in [9.17, 15) is 20.0 Å². The maximum absolute atomic E-state index is 12.8. The zero-order valence-electron chi connectivity index (χ0n) is 13.3. The van der Waals surface area contributed by atoms with Crippen LogP contribution in [0.5, 0.6) is 5.75 Å². The number of nitro groups is 1. The number of nitro benzene ring substituents is 1. The van der Waals surface area contributed by atoms with E-state index in [-0.39, 0.29) is 41.2 Å². The quantitative estimate of drug-likeness (QED) is 0.500. The zero-order valence-corrected chi connectivity index (χ0v) is 13.3. The predicted octanol–water partition coefficient (Wildman–Crippen LogP) is 2.10. The summed E-state index contributed by atoms with van der Waals surface area (Å²) in [5, 5.41) is 20.5. The molecule has 1 saturated heterocycles. The van der Waals surface area contributed by atoms with Gasteiger partial charge in [0.25, 0.3) is 11.6 Å². The van der Waals surface area contributed by atoms with E-state index in [1.165, 1.54) is 18.2 Å². The number of ether oxygens (including phenoxy) is 1. The molecule has 0 spiro atoms. The molecule has 8 nitrogen and oxygen atoms in total. The van der Waals surface area contributed by atoms with Crippen molar-refractivity contribution in [2.24, 2.45) is 0 Å². The minimum Gasteiger partial charge on any atom is -0.508 e. The summed E-state index contributed by atoms with van der Waals surface area (Å²) in [6, 6.07) is 10.5. The van der Waals surface area contributed by atoms with E-state index in [4.69, 9.17) is 10.5 Å². The molecule has 0 aromatic heterocycles. The minimum absolute atomic E-state index is 0.103. The molecule has 0 unspecified atom stereocenters. The number of morpholine rings is 1. The number of rotatable bonds is 3. The first kappa shape index (κ1) is 16.7. The van der Waals surface area contributed by atoms with Crippen LogP contribution in [0.25, 0.3) is 0 Å². The molecule has 8 heteroatoms. The smallest absolute Gasteiger partial charge is 0.270 e. The highest BCUT2D eigenvalue weighted by molar-refractivity contribution is 5.99. The Morgan fingerprint density at radius 3 is 2.84 bits per heavy atom. The van der Waals surface area contributed by atoms with Crippen molar-refractivity contribution in [3.63, 3.8) is 0 Å². The molecular formula is C17H17N3O5. The number of phenols is 1. The molecule has 0 radical (unpaired) electrons. The molecule has 3 rings (SSSR count). The number of nitrogen functional groups attached to an aromatic ring is 1. The summed E-state index contributed by atoms with van der Waals surface area (Å²) < 4.78 is 5.68. The second-order valence-electron chi connectivity index (χ2n) is 5.73. The van der Waals surface area contributed by atoms with Gasteiger partial charge in [-0.15, -0.1) is 0 Å². The lowest BCUT2D eigenvalue weighted by Gasteiger charge is -2.33.